The second-order valence-corrected chi connectivity index (χ2v) is 5.74. The Balaban J connectivity index is 2.47. The van der Waals surface area contributed by atoms with Crippen LogP contribution >= 0.6 is 15.9 Å². The largest absolute Gasteiger partial charge is 0.298 e. The van der Waals surface area contributed by atoms with E-state index < -0.39 is 0 Å². The van der Waals surface area contributed by atoms with Gasteiger partial charge in [-0.25, -0.2) is 0 Å². The van der Waals surface area contributed by atoms with E-state index in [0.717, 1.165) is 12.8 Å². The second kappa shape index (κ2) is 1.90. The Morgan fingerprint density at radius 2 is 2.18 bits per heavy atom. The van der Waals surface area contributed by atoms with Crippen molar-refractivity contribution in [3.63, 3.8) is 0 Å². The molecule has 0 unspecified atom stereocenters. The summed E-state index contributed by atoms with van der Waals surface area (Å²) in [5.74, 6) is 1.06. The first-order valence-electron chi connectivity index (χ1n) is 4.21. The number of carbonyl (C=O) groups excluding carboxylic acids is 1. The summed E-state index contributed by atoms with van der Waals surface area (Å²) >= 11 is 3.62. The topological polar surface area (TPSA) is 17.1 Å². The number of rotatable bonds is 0. The minimum atomic E-state index is -0.162. The lowest BCUT2D eigenvalue weighted by Gasteiger charge is -2.30. The molecule has 0 radical (unpaired) electrons. The van der Waals surface area contributed by atoms with Crippen molar-refractivity contribution < 1.29 is 4.79 Å². The standard InChI is InChI=1S/C9H13BrO/c1-8(2)6-3-4-9(8,10)7(11)5-6/h6H,3-5H2,1-2H3/t6-,9+/m1/s1. The second-order valence-electron chi connectivity index (χ2n) is 4.39. The molecule has 0 aliphatic heterocycles. The van der Waals surface area contributed by atoms with Crippen LogP contribution in [0.25, 0.3) is 0 Å². The summed E-state index contributed by atoms with van der Waals surface area (Å²) in [5.41, 5.74) is 0.198. The Morgan fingerprint density at radius 3 is 2.36 bits per heavy atom. The number of alkyl halides is 1. The van der Waals surface area contributed by atoms with Gasteiger partial charge in [0.15, 0.2) is 0 Å². The summed E-state index contributed by atoms with van der Waals surface area (Å²) in [7, 11) is 0. The van der Waals surface area contributed by atoms with Crippen molar-refractivity contribution in [3.05, 3.63) is 0 Å². The van der Waals surface area contributed by atoms with Gasteiger partial charge >= 0.3 is 0 Å². The normalized spacial score (nSPS) is 46.8. The first-order valence-corrected chi connectivity index (χ1v) is 5.00. The minimum absolute atomic E-state index is 0.162. The van der Waals surface area contributed by atoms with Gasteiger partial charge in [0.25, 0.3) is 0 Å². The van der Waals surface area contributed by atoms with Crippen LogP contribution in [0.5, 0.6) is 0 Å². The first-order chi connectivity index (χ1) is 4.98. The van der Waals surface area contributed by atoms with Gasteiger partial charge in [-0.15, -0.1) is 0 Å². The van der Waals surface area contributed by atoms with E-state index in [0.29, 0.717) is 11.7 Å². The fourth-order valence-electron chi connectivity index (χ4n) is 2.62. The van der Waals surface area contributed by atoms with Gasteiger partial charge in [0.05, 0.1) is 4.32 Å². The molecule has 2 aliphatic carbocycles. The third-order valence-electron chi connectivity index (χ3n) is 3.75. The monoisotopic (exact) mass is 216 g/mol. The molecule has 2 rings (SSSR count). The van der Waals surface area contributed by atoms with Crippen LogP contribution in [0.15, 0.2) is 0 Å². The van der Waals surface area contributed by atoms with Gasteiger partial charge in [0.1, 0.15) is 5.78 Å². The highest BCUT2D eigenvalue weighted by atomic mass is 79.9. The zero-order chi connectivity index (χ0) is 8.28. The van der Waals surface area contributed by atoms with Gasteiger partial charge in [0, 0.05) is 6.42 Å². The molecule has 0 aromatic heterocycles. The maximum Gasteiger partial charge on any atom is 0.150 e. The third-order valence-corrected chi connectivity index (χ3v) is 5.61. The van der Waals surface area contributed by atoms with Crippen molar-refractivity contribution in [3.8, 4) is 0 Å². The van der Waals surface area contributed by atoms with Crippen LogP contribution in [0.2, 0.25) is 0 Å². The van der Waals surface area contributed by atoms with Gasteiger partial charge in [-0.1, -0.05) is 29.8 Å². The molecule has 2 atom stereocenters. The SMILES string of the molecule is CC1(C)[C@@H]2CC[C@]1(Br)C(=O)C2. The maximum absolute atomic E-state index is 11.5. The Bertz CT molecular complexity index is 222. The lowest BCUT2D eigenvalue weighted by molar-refractivity contribution is -0.120. The Morgan fingerprint density at radius 1 is 1.55 bits per heavy atom. The van der Waals surface area contributed by atoms with E-state index in [1.807, 2.05) is 0 Å². The van der Waals surface area contributed by atoms with E-state index in [2.05, 4.69) is 29.8 Å². The number of fused-ring (bicyclic) bond motifs is 2. The summed E-state index contributed by atoms with van der Waals surface area (Å²) in [6.45, 7) is 4.43. The van der Waals surface area contributed by atoms with Crippen molar-refractivity contribution in [1.29, 1.82) is 0 Å². The van der Waals surface area contributed by atoms with E-state index in [1.54, 1.807) is 0 Å². The third kappa shape index (κ3) is 0.695. The predicted molar refractivity (Wildman–Crippen MR) is 47.8 cm³/mol. The molecule has 1 nitrogen and oxygen atoms in total. The quantitative estimate of drug-likeness (QED) is 0.570. The van der Waals surface area contributed by atoms with E-state index >= 15 is 0 Å². The smallest absolute Gasteiger partial charge is 0.150 e. The maximum atomic E-state index is 11.5. The highest BCUT2D eigenvalue weighted by Gasteiger charge is 2.62. The van der Waals surface area contributed by atoms with Crippen LogP contribution < -0.4 is 0 Å². The molecule has 0 aromatic rings. The average molecular weight is 217 g/mol. The number of halogens is 1. The molecule has 0 spiro atoms. The van der Waals surface area contributed by atoms with Crippen LogP contribution in [-0.2, 0) is 4.79 Å². The van der Waals surface area contributed by atoms with Crippen molar-refractivity contribution in [2.75, 3.05) is 0 Å². The van der Waals surface area contributed by atoms with Crippen molar-refractivity contribution in [2.45, 2.75) is 37.4 Å². The van der Waals surface area contributed by atoms with Crippen molar-refractivity contribution in [1.82, 2.24) is 0 Å². The summed E-state index contributed by atoms with van der Waals surface area (Å²) in [6, 6.07) is 0. The fourth-order valence-corrected chi connectivity index (χ4v) is 3.34. The fraction of sp³-hybridized carbons (Fsp3) is 0.889. The van der Waals surface area contributed by atoms with E-state index in [4.69, 9.17) is 0 Å². The number of hydrogen-bond donors (Lipinski definition) is 0. The van der Waals surface area contributed by atoms with Gasteiger partial charge in [-0.2, -0.15) is 0 Å². The zero-order valence-corrected chi connectivity index (χ0v) is 8.57. The van der Waals surface area contributed by atoms with Crippen LogP contribution in [0.4, 0.5) is 0 Å². The summed E-state index contributed by atoms with van der Waals surface area (Å²) in [4.78, 5) is 11.5. The molecule has 0 N–H and O–H groups in total. The van der Waals surface area contributed by atoms with Gasteiger partial charge in [-0.05, 0) is 24.2 Å². The summed E-state index contributed by atoms with van der Waals surface area (Å²) in [6.07, 6.45) is 3.08. The van der Waals surface area contributed by atoms with Gasteiger partial charge in [-0.3, -0.25) is 4.79 Å². The lowest BCUT2D eigenvalue weighted by Crippen LogP contribution is -2.36. The van der Waals surface area contributed by atoms with Gasteiger partial charge in [0.2, 0.25) is 0 Å². The predicted octanol–water partition coefficient (Wildman–Crippen LogP) is 2.53. The van der Waals surface area contributed by atoms with E-state index in [1.165, 1.54) is 6.42 Å². The number of hydrogen-bond acceptors (Lipinski definition) is 1. The Kier molecular flexibility index (Phi) is 1.34. The number of Topliss-reactive ketones (excluding diaryl/α,β-unsaturated/α-hetero) is 1. The number of carbonyl (C=O) groups is 1. The highest BCUT2D eigenvalue weighted by Crippen LogP contribution is 2.62. The molecule has 2 saturated carbocycles. The molecule has 0 aromatic carbocycles. The minimum Gasteiger partial charge on any atom is -0.298 e. The van der Waals surface area contributed by atoms with E-state index in [-0.39, 0.29) is 9.74 Å². The Labute approximate surface area is 75.7 Å². The molecule has 2 fully saturated rings. The molecule has 2 bridgehead atoms. The molecule has 0 heterocycles. The first kappa shape index (κ1) is 7.78. The molecular weight excluding hydrogens is 204 g/mol. The highest BCUT2D eigenvalue weighted by molar-refractivity contribution is 9.10. The average Bonchev–Trinajstić information content (AvgIpc) is 2.20. The summed E-state index contributed by atoms with van der Waals surface area (Å²) in [5, 5.41) is 0. The van der Waals surface area contributed by atoms with Crippen LogP contribution in [-0.4, -0.2) is 10.1 Å². The molecule has 0 amide bonds. The van der Waals surface area contributed by atoms with E-state index in [9.17, 15) is 4.79 Å². The molecule has 0 saturated heterocycles. The van der Waals surface area contributed by atoms with Crippen LogP contribution in [0.1, 0.15) is 33.1 Å². The molecule has 62 valence electrons. The van der Waals surface area contributed by atoms with Crippen molar-refractivity contribution >= 4 is 21.7 Å². The van der Waals surface area contributed by atoms with Crippen molar-refractivity contribution in [2.24, 2.45) is 11.3 Å². The van der Waals surface area contributed by atoms with Crippen LogP contribution in [0, 0.1) is 11.3 Å². The molecule has 2 aliphatic rings. The molecular formula is C9H13BrO. The lowest BCUT2D eigenvalue weighted by atomic mass is 9.82. The van der Waals surface area contributed by atoms with Gasteiger partial charge < -0.3 is 0 Å². The Hall–Kier alpha value is 0.150. The summed E-state index contributed by atoms with van der Waals surface area (Å²) < 4.78 is -0.162. The van der Waals surface area contributed by atoms with Crippen LogP contribution in [0.3, 0.4) is 0 Å². The molecule has 2 heteroatoms. The zero-order valence-electron chi connectivity index (χ0n) is 6.98. The number of ketones is 1. The molecule has 11 heavy (non-hydrogen) atoms.